The maximum absolute atomic E-state index is 12.6. The molecule has 0 spiro atoms. The third-order valence-electron chi connectivity index (χ3n) is 4.12. The van der Waals surface area contributed by atoms with Crippen molar-refractivity contribution < 1.29 is 27.5 Å². The maximum atomic E-state index is 12.6. The Morgan fingerprint density at radius 1 is 1.12 bits per heavy atom. The molecule has 0 heterocycles. The van der Waals surface area contributed by atoms with Gasteiger partial charge in [-0.2, -0.15) is 13.2 Å². The van der Waals surface area contributed by atoms with Crippen LogP contribution in [0.5, 0.6) is 0 Å². The van der Waals surface area contributed by atoms with E-state index in [1.165, 1.54) is 7.11 Å². The van der Waals surface area contributed by atoms with Gasteiger partial charge in [-0.15, -0.1) is 0 Å². The lowest BCUT2D eigenvalue weighted by atomic mass is 9.80. The van der Waals surface area contributed by atoms with Gasteiger partial charge < -0.3 is 4.74 Å². The van der Waals surface area contributed by atoms with Crippen LogP contribution >= 0.6 is 0 Å². The zero-order chi connectivity index (χ0) is 20.1. The first kappa shape index (κ1) is 22.0. The molecule has 1 aromatic carbocycles. The Morgan fingerprint density at radius 3 is 2.08 bits per heavy atom. The number of amides is 1. The van der Waals surface area contributed by atoms with Crippen molar-refractivity contribution in [1.82, 2.24) is 10.9 Å². The first-order chi connectivity index (χ1) is 11.9. The number of carbonyl (C=O) groups excluding carboxylic acids is 2. The van der Waals surface area contributed by atoms with Crippen LogP contribution in [0.15, 0.2) is 24.3 Å². The van der Waals surface area contributed by atoms with E-state index in [-0.39, 0.29) is 11.5 Å². The lowest BCUT2D eigenvalue weighted by Crippen LogP contribution is -2.54. The molecule has 0 radical (unpaired) electrons. The van der Waals surface area contributed by atoms with Crippen LogP contribution in [0, 0.1) is 11.3 Å². The van der Waals surface area contributed by atoms with E-state index in [9.17, 15) is 22.8 Å². The van der Waals surface area contributed by atoms with E-state index < -0.39 is 35.1 Å². The second-order valence-corrected chi connectivity index (χ2v) is 7.07. The van der Waals surface area contributed by atoms with Crippen LogP contribution < -0.4 is 10.9 Å². The molecule has 1 amide bonds. The van der Waals surface area contributed by atoms with E-state index in [4.69, 9.17) is 4.74 Å². The molecule has 26 heavy (non-hydrogen) atoms. The van der Waals surface area contributed by atoms with Crippen LogP contribution in [0.4, 0.5) is 13.2 Å². The average molecular weight is 374 g/mol. The third-order valence-corrected chi connectivity index (χ3v) is 4.12. The van der Waals surface area contributed by atoms with E-state index in [0.717, 1.165) is 24.3 Å². The Balaban J connectivity index is 2.85. The van der Waals surface area contributed by atoms with Crippen molar-refractivity contribution in [1.29, 1.82) is 0 Å². The van der Waals surface area contributed by atoms with Gasteiger partial charge in [-0.1, -0.05) is 13.8 Å². The SMILES string of the molecule is COC(=O)C(C)(C)C(CC(C)C)NNC(=O)c1ccc(C(F)(F)F)cc1. The van der Waals surface area contributed by atoms with Crippen LogP contribution in [0.2, 0.25) is 0 Å². The number of hydrogen-bond acceptors (Lipinski definition) is 4. The fourth-order valence-electron chi connectivity index (χ4n) is 2.45. The molecule has 8 heteroatoms. The van der Waals surface area contributed by atoms with E-state index in [0.29, 0.717) is 6.42 Å². The van der Waals surface area contributed by atoms with Gasteiger partial charge in [-0.05, 0) is 50.5 Å². The summed E-state index contributed by atoms with van der Waals surface area (Å²) in [6.07, 6.45) is -3.88. The van der Waals surface area contributed by atoms with Gasteiger partial charge in [-0.3, -0.25) is 15.0 Å². The maximum Gasteiger partial charge on any atom is 0.416 e. The van der Waals surface area contributed by atoms with Crippen molar-refractivity contribution in [3.63, 3.8) is 0 Å². The Labute approximate surface area is 151 Å². The van der Waals surface area contributed by atoms with Gasteiger partial charge in [0, 0.05) is 11.6 Å². The predicted molar refractivity (Wildman–Crippen MR) is 91.1 cm³/mol. The molecule has 1 atom stereocenters. The van der Waals surface area contributed by atoms with Crippen molar-refractivity contribution >= 4 is 11.9 Å². The summed E-state index contributed by atoms with van der Waals surface area (Å²) in [4.78, 5) is 24.2. The number of alkyl halides is 3. The van der Waals surface area contributed by atoms with E-state index >= 15 is 0 Å². The summed E-state index contributed by atoms with van der Waals surface area (Å²) in [5.74, 6) is -0.785. The molecule has 1 unspecified atom stereocenters. The van der Waals surface area contributed by atoms with Gasteiger partial charge in [0.2, 0.25) is 0 Å². The number of rotatable bonds is 7. The molecule has 0 bridgehead atoms. The minimum absolute atomic E-state index is 0.0738. The standard InChI is InChI=1S/C18H25F3N2O3/c1-11(2)10-14(17(3,4)16(25)26-5)22-23-15(24)12-6-8-13(9-7-12)18(19,20)21/h6-9,11,14,22H,10H2,1-5H3,(H,23,24). The molecule has 0 aromatic heterocycles. The van der Waals surface area contributed by atoms with Crippen LogP contribution in [-0.2, 0) is 15.7 Å². The molecule has 0 aliphatic rings. The first-order valence-corrected chi connectivity index (χ1v) is 8.21. The first-order valence-electron chi connectivity index (χ1n) is 8.21. The Bertz CT molecular complexity index is 626. The fourth-order valence-corrected chi connectivity index (χ4v) is 2.45. The summed E-state index contributed by atoms with van der Waals surface area (Å²) in [5.41, 5.74) is 3.63. The monoisotopic (exact) mass is 374 g/mol. The van der Waals surface area contributed by atoms with Gasteiger partial charge in [0.25, 0.3) is 5.91 Å². The zero-order valence-corrected chi connectivity index (χ0v) is 15.5. The lowest BCUT2D eigenvalue weighted by Gasteiger charge is -2.33. The smallest absolute Gasteiger partial charge is 0.416 e. The van der Waals surface area contributed by atoms with Gasteiger partial charge in [-0.25, -0.2) is 5.43 Å². The van der Waals surface area contributed by atoms with E-state index in [1.54, 1.807) is 13.8 Å². The zero-order valence-electron chi connectivity index (χ0n) is 15.5. The molecular weight excluding hydrogens is 349 g/mol. The Hall–Kier alpha value is -2.09. The summed E-state index contributed by atoms with van der Waals surface area (Å²) in [7, 11) is 1.29. The quantitative estimate of drug-likeness (QED) is 0.566. The molecule has 2 N–H and O–H groups in total. The van der Waals surface area contributed by atoms with Gasteiger partial charge in [0.05, 0.1) is 18.1 Å². The van der Waals surface area contributed by atoms with Crippen LogP contribution in [0.25, 0.3) is 0 Å². The van der Waals surface area contributed by atoms with Crippen LogP contribution in [0.1, 0.15) is 50.0 Å². The summed E-state index contributed by atoms with van der Waals surface area (Å²) < 4.78 is 42.6. The largest absolute Gasteiger partial charge is 0.469 e. The summed E-state index contributed by atoms with van der Waals surface area (Å²) >= 11 is 0. The van der Waals surface area contributed by atoms with Crippen molar-refractivity contribution in [3.05, 3.63) is 35.4 Å². The summed E-state index contributed by atoms with van der Waals surface area (Å²) in [6.45, 7) is 7.34. The lowest BCUT2D eigenvalue weighted by molar-refractivity contribution is -0.153. The molecule has 146 valence electrons. The highest BCUT2D eigenvalue weighted by atomic mass is 19.4. The van der Waals surface area contributed by atoms with Gasteiger partial charge in [0.1, 0.15) is 0 Å². The Morgan fingerprint density at radius 2 is 1.65 bits per heavy atom. The van der Waals surface area contributed by atoms with Crippen LogP contribution in [0.3, 0.4) is 0 Å². The molecule has 1 aromatic rings. The van der Waals surface area contributed by atoms with E-state index in [2.05, 4.69) is 10.9 Å². The van der Waals surface area contributed by atoms with Crippen molar-refractivity contribution in [2.24, 2.45) is 11.3 Å². The number of nitrogens with one attached hydrogen (secondary N) is 2. The normalized spacial score (nSPS) is 13.4. The van der Waals surface area contributed by atoms with E-state index in [1.807, 2.05) is 13.8 Å². The number of halogens is 3. The molecule has 0 fully saturated rings. The fraction of sp³-hybridized carbons (Fsp3) is 0.556. The number of esters is 1. The van der Waals surface area contributed by atoms with Gasteiger partial charge in [0.15, 0.2) is 0 Å². The molecule has 1 rings (SSSR count). The highest BCUT2D eigenvalue weighted by Gasteiger charge is 2.38. The number of ether oxygens (including phenoxy) is 1. The predicted octanol–water partition coefficient (Wildman–Crippen LogP) is 3.55. The summed E-state index contributed by atoms with van der Waals surface area (Å²) in [5, 5.41) is 0. The molecule has 0 aliphatic heterocycles. The van der Waals surface area contributed by atoms with Gasteiger partial charge >= 0.3 is 12.1 Å². The highest BCUT2D eigenvalue weighted by Crippen LogP contribution is 2.29. The number of hydrazine groups is 1. The molecule has 0 saturated heterocycles. The minimum Gasteiger partial charge on any atom is -0.469 e. The van der Waals surface area contributed by atoms with Crippen molar-refractivity contribution in [2.75, 3.05) is 7.11 Å². The highest BCUT2D eigenvalue weighted by molar-refractivity contribution is 5.93. The molecule has 5 nitrogen and oxygen atoms in total. The number of carbonyl (C=O) groups is 2. The van der Waals surface area contributed by atoms with Crippen LogP contribution in [-0.4, -0.2) is 25.0 Å². The average Bonchev–Trinajstić information content (AvgIpc) is 2.56. The Kier molecular flexibility index (Phi) is 7.20. The second-order valence-electron chi connectivity index (χ2n) is 7.07. The minimum atomic E-state index is -4.46. The van der Waals surface area contributed by atoms with Crippen molar-refractivity contribution in [2.45, 2.75) is 46.3 Å². The second kappa shape index (κ2) is 8.53. The number of methoxy groups -OCH3 is 1. The number of hydrogen-bond donors (Lipinski definition) is 2. The molecule has 0 aliphatic carbocycles. The number of benzene rings is 1. The third kappa shape index (κ3) is 5.72. The summed E-state index contributed by atoms with van der Waals surface area (Å²) in [6, 6.07) is 3.47. The molecular formula is C18H25F3N2O3. The van der Waals surface area contributed by atoms with Crippen molar-refractivity contribution in [3.8, 4) is 0 Å². The molecule has 0 saturated carbocycles. The topological polar surface area (TPSA) is 67.4 Å².